The monoisotopic (exact) mass is 362 g/mol. The van der Waals surface area contributed by atoms with Crippen LogP contribution in [0.1, 0.15) is 19.3 Å². The van der Waals surface area contributed by atoms with E-state index in [1.165, 1.54) is 4.90 Å². The Morgan fingerprint density at radius 1 is 1.31 bits per heavy atom. The molecule has 26 heavy (non-hydrogen) atoms. The number of piperidine rings is 1. The molecular weight excluding hydrogens is 336 g/mol. The number of likely N-dealkylation sites (tertiary alicyclic amines) is 1. The van der Waals surface area contributed by atoms with Gasteiger partial charge < -0.3 is 20.7 Å². The zero-order chi connectivity index (χ0) is 19.1. The molecule has 142 valence electrons. The lowest BCUT2D eigenvalue weighted by Gasteiger charge is -2.34. The molecule has 1 atom stereocenters. The first kappa shape index (κ1) is 19.7. The number of nitrogens with two attached hydrogens (primary N) is 1. The molecule has 3 amide bonds. The third-order valence-corrected chi connectivity index (χ3v) is 4.32. The molecule has 8 heteroatoms. The number of primary amides is 1. The maximum Gasteiger partial charge on any atom is 0.240 e. The Labute approximate surface area is 153 Å². The minimum absolute atomic E-state index is 0.0509. The summed E-state index contributed by atoms with van der Waals surface area (Å²) in [4.78, 5) is 39.3. The van der Waals surface area contributed by atoms with Gasteiger partial charge in [0.1, 0.15) is 11.8 Å². The van der Waals surface area contributed by atoms with Crippen molar-refractivity contribution >= 4 is 23.4 Å². The second kappa shape index (κ2) is 9.19. The summed E-state index contributed by atoms with van der Waals surface area (Å²) >= 11 is 0. The molecule has 0 aliphatic carbocycles. The van der Waals surface area contributed by atoms with Gasteiger partial charge in [0.25, 0.3) is 0 Å². The smallest absolute Gasteiger partial charge is 0.240 e. The molecule has 1 aliphatic heterocycles. The number of hydrogen-bond acceptors (Lipinski definition) is 5. The molecule has 1 aliphatic rings. The number of nitrogens with zero attached hydrogens (tertiary/aromatic N) is 2. The molecule has 0 aromatic heterocycles. The average Bonchev–Trinajstić information content (AvgIpc) is 2.61. The zero-order valence-electron chi connectivity index (χ0n) is 15.2. The molecule has 3 N–H and O–H groups in total. The van der Waals surface area contributed by atoms with Gasteiger partial charge in [-0.25, -0.2) is 0 Å². The van der Waals surface area contributed by atoms with Crippen molar-refractivity contribution < 1.29 is 19.1 Å². The van der Waals surface area contributed by atoms with Crippen LogP contribution in [0.3, 0.4) is 0 Å². The zero-order valence-corrected chi connectivity index (χ0v) is 15.2. The summed E-state index contributed by atoms with van der Waals surface area (Å²) in [6.45, 7) is 0.629. The van der Waals surface area contributed by atoms with Crippen LogP contribution < -0.4 is 15.8 Å². The predicted octanol–water partition coefficient (Wildman–Crippen LogP) is 0.432. The third-order valence-electron chi connectivity index (χ3n) is 4.32. The van der Waals surface area contributed by atoms with E-state index >= 15 is 0 Å². The van der Waals surface area contributed by atoms with Gasteiger partial charge in [0.05, 0.1) is 20.2 Å². The standard InChI is InChI=1S/C18H26N4O4/c1-21(11-16(23)20-13-6-5-7-14(10-13)26-2)12-17(24)22-9-4-3-8-15(22)18(19)25/h5-7,10,15H,3-4,8-9,11-12H2,1-2H3,(H2,19,25)(H,20,23)/t15-/m0/s1. The summed E-state index contributed by atoms with van der Waals surface area (Å²) in [5.74, 6) is -0.255. The van der Waals surface area contributed by atoms with Crippen LogP contribution in [0.4, 0.5) is 5.69 Å². The Hall–Kier alpha value is -2.61. The lowest BCUT2D eigenvalue weighted by Crippen LogP contribution is -2.53. The largest absolute Gasteiger partial charge is 0.497 e. The van der Waals surface area contributed by atoms with Crippen LogP contribution in [0.5, 0.6) is 5.75 Å². The van der Waals surface area contributed by atoms with E-state index in [0.29, 0.717) is 24.4 Å². The van der Waals surface area contributed by atoms with Crippen LogP contribution in [0.15, 0.2) is 24.3 Å². The van der Waals surface area contributed by atoms with Crippen molar-refractivity contribution in [3.8, 4) is 5.75 Å². The number of methoxy groups -OCH3 is 1. The number of nitrogens with one attached hydrogen (secondary N) is 1. The van der Waals surface area contributed by atoms with E-state index in [9.17, 15) is 14.4 Å². The molecule has 0 bridgehead atoms. The number of amides is 3. The minimum atomic E-state index is -0.546. The average molecular weight is 362 g/mol. The number of likely N-dealkylation sites (N-methyl/N-ethyl adjacent to an activating group) is 1. The Kier molecular flexibility index (Phi) is 6.97. The van der Waals surface area contributed by atoms with E-state index in [0.717, 1.165) is 12.8 Å². The first-order chi connectivity index (χ1) is 12.4. The number of carbonyl (C=O) groups excluding carboxylic acids is 3. The normalized spacial score (nSPS) is 17.0. The second-order valence-corrected chi connectivity index (χ2v) is 6.45. The lowest BCUT2D eigenvalue weighted by molar-refractivity contribution is -0.141. The van der Waals surface area contributed by atoms with Crippen LogP contribution in [0.2, 0.25) is 0 Å². The van der Waals surface area contributed by atoms with E-state index in [2.05, 4.69) is 5.32 Å². The number of ether oxygens (including phenoxy) is 1. The van der Waals surface area contributed by atoms with E-state index < -0.39 is 11.9 Å². The summed E-state index contributed by atoms with van der Waals surface area (Å²) < 4.78 is 5.12. The van der Waals surface area contributed by atoms with Crippen molar-refractivity contribution in [2.24, 2.45) is 5.73 Å². The fourth-order valence-corrected chi connectivity index (χ4v) is 3.05. The molecule has 0 saturated carbocycles. The number of benzene rings is 1. The molecular formula is C18H26N4O4. The molecule has 1 aromatic rings. The highest BCUT2D eigenvalue weighted by atomic mass is 16.5. The van der Waals surface area contributed by atoms with Crippen molar-refractivity contribution in [2.45, 2.75) is 25.3 Å². The SMILES string of the molecule is COc1cccc(NC(=O)CN(C)CC(=O)N2CCCC[C@H]2C(N)=O)c1. The van der Waals surface area contributed by atoms with Gasteiger partial charge >= 0.3 is 0 Å². The van der Waals surface area contributed by atoms with Crippen LogP contribution in [-0.4, -0.2) is 67.4 Å². The van der Waals surface area contributed by atoms with Gasteiger partial charge in [-0.15, -0.1) is 0 Å². The molecule has 0 unspecified atom stereocenters. The molecule has 1 aromatic carbocycles. The maximum atomic E-state index is 12.5. The molecule has 1 saturated heterocycles. The van der Waals surface area contributed by atoms with Crippen LogP contribution in [-0.2, 0) is 14.4 Å². The highest BCUT2D eigenvalue weighted by molar-refractivity contribution is 5.93. The topological polar surface area (TPSA) is 105 Å². The first-order valence-corrected chi connectivity index (χ1v) is 8.62. The van der Waals surface area contributed by atoms with Crippen molar-refractivity contribution in [1.82, 2.24) is 9.80 Å². The fraction of sp³-hybridized carbons (Fsp3) is 0.500. The van der Waals surface area contributed by atoms with Gasteiger partial charge in [-0.05, 0) is 38.4 Å². The van der Waals surface area contributed by atoms with E-state index in [4.69, 9.17) is 10.5 Å². The molecule has 0 radical (unpaired) electrons. The first-order valence-electron chi connectivity index (χ1n) is 8.62. The van der Waals surface area contributed by atoms with E-state index in [1.54, 1.807) is 43.3 Å². The summed E-state index contributed by atoms with van der Waals surface area (Å²) in [7, 11) is 3.24. The molecule has 2 rings (SSSR count). The Morgan fingerprint density at radius 2 is 2.08 bits per heavy atom. The number of rotatable bonds is 7. The summed E-state index contributed by atoms with van der Waals surface area (Å²) in [6, 6.07) is 6.50. The molecule has 1 heterocycles. The highest BCUT2D eigenvalue weighted by Crippen LogP contribution is 2.18. The summed E-state index contributed by atoms with van der Waals surface area (Å²) in [5, 5.41) is 2.77. The summed E-state index contributed by atoms with van der Waals surface area (Å²) in [6.07, 6.45) is 2.34. The Balaban J connectivity index is 1.86. The number of anilines is 1. The van der Waals surface area contributed by atoms with Crippen LogP contribution in [0, 0.1) is 0 Å². The Morgan fingerprint density at radius 3 is 2.77 bits per heavy atom. The van der Waals surface area contributed by atoms with E-state index in [-0.39, 0.29) is 24.9 Å². The summed E-state index contributed by atoms with van der Waals surface area (Å²) in [5.41, 5.74) is 6.02. The maximum absolute atomic E-state index is 12.5. The van der Waals surface area contributed by atoms with Gasteiger partial charge in [0, 0.05) is 18.3 Å². The number of carbonyl (C=O) groups is 3. The van der Waals surface area contributed by atoms with Gasteiger partial charge in [-0.2, -0.15) is 0 Å². The van der Waals surface area contributed by atoms with Crippen molar-refractivity contribution in [3.63, 3.8) is 0 Å². The molecule has 1 fully saturated rings. The third kappa shape index (κ3) is 5.45. The van der Waals surface area contributed by atoms with Crippen molar-refractivity contribution in [1.29, 1.82) is 0 Å². The van der Waals surface area contributed by atoms with Gasteiger partial charge in [-0.3, -0.25) is 19.3 Å². The van der Waals surface area contributed by atoms with Gasteiger partial charge in [0.2, 0.25) is 17.7 Å². The number of hydrogen-bond donors (Lipinski definition) is 2. The van der Waals surface area contributed by atoms with Gasteiger partial charge in [-0.1, -0.05) is 6.07 Å². The minimum Gasteiger partial charge on any atom is -0.497 e. The van der Waals surface area contributed by atoms with Crippen molar-refractivity contribution in [2.75, 3.05) is 39.1 Å². The molecule has 0 spiro atoms. The highest BCUT2D eigenvalue weighted by Gasteiger charge is 2.30. The molecule has 8 nitrogen and oxygen atoms in total. The lowest BCUT2D eigenvalue weighted by atomic mass is 10.0. The quantitative estimate of drug-likeness (QED) is 0.732. The van der Waals surface area contributed by atoms with Crippen LogP contribution >= 0.6 is 0 Å². The Bertz CT molecular complexity index is 664. The fourth-order valence-electron chi connectivity index (χ4n) is 3.05. The van der Waals surface area contributed by atoms with Crippen molar-refractivity contribution in [3.05, 3.63) is 24.3 Å². The predicted molar refractivity (Wildman–Crippen MR) is 97.7 cm³/mol. The second-order valence-electron chi connectivity index (χ2n) is 6.45. The van der Waals surface area contributed by atoms with E-state index in [1.807, 2.05) is 0 Å². The van der Waals surface area contributed by atoms with Gasteiger partial charge in [0.15, 0.2) is 0 Å². The van der Waals surface area contributed by atoms with Crippen LogP contribution in [0.25, 0.3) is 0 Å².